The number of rotatable bonds is 9. The Morgan fingerprint density at radius 2 is 1.82 bits per heavy atom. The van der Waals surface area contributed by atoms with Gasteiger partial charge in [-0.3, -0.25) is 4.79 Å². The van der Waals surface area contributed by atoms with Gasteiger partial charge in [0.1, 0.15) is 12.3 Å². The molecule has 0 saturated heterocycles. The molecule has 2 aromatic rings. The number of nitrogens with one attached hydrogen (secondary N) is 3. The Hall–Kier alpha value is -3.02. The SMILES string of the molecule is CCNC(=NCC(=O)NCc1ccccc1)NCCc1ccc(C)c(OC)c1. The highest BCUT2D eigenvalue weighted by atomic mass is 16.5. The van der Waals surface area contributed by atoms with Crippen molar-refractivity contribution < 1.29 is 9.53 Å². The summed E-state index contributed by atoms with van der Waals surface area (Å²) in [7, 11) is 1.68. The summed E-state index contributed by atoms with van der Waals surface area (Å²) in [6, 6.07) is 16.0. The van der Waals surface area contributed by atoms with Crippen LogP contribution in [0.2, 0.25) is 0 Å². The minimum absolute atomic E-state index is 0.0839. The third-order valence-electron chi connectivity index (χ3n) is 4.24. The van der Waals surface area contributed by atoms with Crippen molar-refractivity contribution in [3.63, 3.8) is 0 Å². The summed E-state index contributed by atoms with van der Waals surface area (Å²) >= 11 is 0. The van der Waals surface area contributed by atoms with Crippen LogP contribution in [0, 0.1) is 6.92 Å². The van der Waals surface area contributed by atoms with E-state index in [0.29, 0.717) is 19.0 Å². The van der Waals surface area contributed by atoms with Crippen molar-refractivity contribution in [2.75, 3.05) is 26.7 Å². The Kier molecular flexibility index (Phi) is 8.85. The fourth-order valence-electron chi connectivity index (χ4n) is 2.69. The molecule has 0 aromatic heterocycles. The number of nitrogens with zero attached hydrogens (tertiary/aromatic N) is 1. The molecular weight excluding hydrogens is 352 g/mol. The summed E-state index contributed by atoms with van der Waals surface area (Å²) in [6.07, 6.45) is 0.835. The second-order valence-corrected chi connectivity index (χ2v) is 6.44. The fraction of sp³-hybridized carbons (Fsp3) is 0.364. The second-order valence-electron chi connectivity index (χ2n) is 6.44. The predicted molar refractivity (Wildman–Crippen MR) is 114 cm³/mol. The number of ether oxygens (including phenoxy) is 1. The first-order valence-corrected chi connectivity index (χ1v) is 9.58. The highest BCUT2D eigenvalue weighted by molar-refractivity contribution is 5.84. The summed E-state index contributed by atoms with van der Waals surface area (Å²) < 4.78 is 5.37. The van der Waals surface area contributed by atoms with Gasteiger partial charge in [0.25, 0.3) is 0 Å². The van der Waals surface area contributed by atoms with Crippen molar-refractivity contribution in [1.29, 1.82) is 0 Å². The Morgan fingerprint density at radius 3 is 2.54 bits per heavy atom. The number of hydrogen-bond acceptors (Lipinski definition) is 3. The van der Waals surface area contributed by atoms with Gasteiger partial charge in [-0.15, -0.1) is 0 Å². The minimum Gasteiger partial charge on any atom is -0.496 e. The Bertz CT molecular complexity index is 775. The highest BCUT2D eigenvalue weighted by Crippen LogP contribution is 2.18. The maximum atomic E-state index is 12.0. The molecule has 2 rings (SSSR count). The number of guanidine groups is 1. The van der Waals surface area contributed by atoms with Crippen molar-refractivity contribution in [2.45, 2.75) is 26.8 Å². The monoisotopic (exact) mass is 382 g/mol. The molecule has 0 spiro atoms. The molecule has 0 aliphatic carbocycles. The number of carbonyl (C=O) groups is 1. The van der Waals surface area contributed by atoms with Crippen LogP contribution in [0.1, 0.15) is 23.6 Å². The van der Waals surface area contributed by atoms with E-state index in [1.165, 1.54) is 5.56 Å². The molecule has 6 heteroatoms. The molecule has 1 amide bonds. The number of aryl methyl sites for hydroxylation is 1. The summed E-state index contributed by atoms with van der Waals surface area (Å²) in [6.45, 7) is 6.06. The largest absolute Gasteiger partial charge is 0.496 e. The van der Waals surface area contributed by atoms with Crippen molar-refractivity contribution in [2.24, 2.45) is 4.99 Å². The molecule has 0 radical (unpaired) electrons. The van der Waals surface area contributed by atoms with E-state index in [2.05, 4.69) is 39.1 Å². The lowest BCUT2D eigenvalue weighted by Gasteiger charge is -2.12. The molecule has 0 unspecified atom stereocenters. The Labute approximate surface area is 167 Å². The molecule has 150 valence electrons. The van der Waals surface area contributed by atoms with Gasteiger partial charge in [0.15, 0.2) is 5.96 Å². The molecule has 0 bridgehead atoms. The first kappa shape index (κ1) is 21.3. The van der Waals surface area contributed by atoms with Crippen LogP contribution in [-0.2, 0) is 17.8 Å². The van der Waals surface area contributed by atoms with E-state index in [0.717, 1.165) is 29.8 Å². The van der Waals surface area contributed by atoms with Crippen LogP contribution in [-0.4, -0.2) is 38.6 Å². The molecule has 28 heavy (non-hydrogen) atoms. The number of amides is 1. The third kappa shape index (κ3) is 7.31. The lowest BCUT2D eigenvalue weighted by Crippen LogP contribution is -2.39. The van der Waals surface area contributed by atoms with Gasteiger partial charge in [0.2, 0.25) is 5.91 Å². The first-order chi connectivity index (χ1) is 13.6. The molecule has 3 N–H and O–H groups in total. The molecule has 0 aliphatic heterocycles. The predicted octanol–water partition coefficient (Wildman–Crippen LogP) is 2.42. The topological polar surface area (TPSA) is 74.8 Å². The summed E-state index contributed by atoms with van der Waals surface area (Å²) in [5, 5.41) is 9.31. The highest BCUT2D eigenvalue weighted by Gasteiger charge is 2.04. The quantitative estimate of drug-likeness (QED) is 0.460. The normalized spacial score (nSPS) is 11.0. The van der Waals surface area contributed by atoms with E-state index in [-0.39, 0.29) is 12.5 Å². The van der Waals surface area contributed by atoms with E-state index in [9.17, 15) is 4.79 Å². The number of hydrogen-bond donors (Lipinski definition) is 3. The van der Waals surface area contributed by atoms with Gasteiger partial charge in [-0.05, 0) is 43.0 Å². The Balaban J connectivity index is 1.80. The van der Waals surface area contributed by atoms with Gasteiger partial charge in [-0.25, -0.2) is 4.99 Å². The van der Waals surface area contributed by atoms with Crippen LogP contribution in [0.4, 0.5) is 0 Å². The lowest BCUT2D eigenvalue weighted by atomic mass is 10.1. The number of methoxy groups -OCH3 is 1. The third-order valence-corrected chi connectivity index (χ3v) is 4.24. The van der Waals surface area contributed by atoms with E-state index < -0.39 is 0 Å². The standard InChI is InChI=1S/C22H30N4O2/c1-4-23-22(24-13-12-18-11-10-17(2)20(14-18)28-3)26-16-21(27)25-15-19-8-6-5-7-9-19/h5-11,14H,4,12-13,15-16H2,1-3H3,(H,25,27)(H2,23,24,26). The minimum atomic E-state index is -0.107. The average Bonchev–Trinajstić information content (AvgIpc) is 2.72. The lowest BCUT2D eigenvalue weighted by molar-refractivity contribution is -0.119. The van der Waals surface area contributed by atoms with Crippen LogP contribution >= 0.6 is 0 Å². The summed E-state index contributed by atoms with van der Waals surface area (Å²) in [4.78, 5) is 16.4. The van der Waals surface area contributed by atoms with Gasteiger partial charge in [-0.1, -0.05) is 42.5 Å². The zero-order valence-corrected chi connectivity index (χ0v) is 16.9. The number of aliphatic imine (C=N–C) groups is 1. The molecular formula is C22H30N4O2. The van der Waals surface area contributed by atoms with Crippen LogP contribution in [0.3, 0.4) is 0 Å². The van der Waals surface area contributed by atoms with Gasteiger partial charge in [0, 0.05) is 19.6 Å². The van der Waals surface area contributed by atoms with E-state index in [4.69, 9.17) is 4.74 Å². The molecule has 0 heterocycles. The van der Waals surface area contributed by atoms with E-state index >= 15 is 0 Å². The molecule has 0 aliphatic rings. The molecule has 6 nitrogen and oxygen atoms in total. The molecule has 2 aromatic carbocycles. The van der Waals surface area contributed by atoms with Crippen LogP contribution in [0.25, 0.3) is 0 Å². The fourth-order valence-corrected chi connectivity index (χ4v) is 2.69. The van der Waals surface area contributed by atoms with Crippen molar-refractivity contribution in [1.82, 2.24) is 16.0 Å². The average molecular weight is 383 g/mol. The zero-order valence-electron chi connectivity index (χ0n) is 16.9. The van der Waals surface area contributed by atoms with Crippen LogP contribution in [0.15, 0.2) is 53.5 Å². The van der Waals surface area contributed by atoms with E-state index in [1.54, 1.807) is 7.11 Å². The molecule has 0 saturated carbocycles. The smallest absolute Gasteiger partial charge is 0.242 e. The van der Waals surface area contributed by atoms with Gasteiger partial charge < -0.3 is 20.7 Å². The summed E-state index contributed by atoms with van der Waals surface area (Å²) in [5.41, 5.74) is 3.38. The summed E-state index contributed by atoms with van der Waals surface area (Å²) in [5.74, 6) is 1.42. The Morgan fingerprint density at radius 1 is 1.04 bits per heavy atom. The maximum absolute atomic E-state index is 12.0. The first-order valence-electron chi connectivity index (χ1n) is 9.58. The zero-order chi connectivity index (χ0) is 20.2. The van der Waals surface area contributed by atoms with Crippen LogP contribution < -0.4 is 20.7 Å². The number of benzene rings is 2. The number of carbonyl (C=O) groups excluding carboxylic acids is 1. The van der Waals surface area contributed by atoms with Crippen LogP contribution in [0.5, 0.6) is 5.75 Å². The van der Waals surface area contributed by atoms with Gasteiger partial charge >= 0.3 is 0 Å². The second kappa shape index (κ2) is 11.6. The van der Waals surface area contributed by atoms with E-state index in [1.807, 2.05) is 44.2 Å². The maximum Gasteiger partial charge on any atom is 0.242 e. The molecule has 0 fully saturated rings. The molecule has 0 atom stereocenters. The van der Waals surface area contributed by atoms with Crippen molar-refractivity contribution >= 4 is 11.9 Å². The van der Waals surface area contributed by atoms with Crippen molar-refractivity contribution in [3.8, 4) is 5.75 Å². The van der Waals surface area contributed by atoms with Crippen molar-refractivity contribution in [3.05, 3.63) is 65.2 Å². The van der Waals surface area contributed by atoms with Gasteiger partial charge in [-0.2, -0.15) is 0 Å². The van der Waals surface area contributed by atoms with Gasteiger partial charge in [0.05, 0.1) is 7.11 Å².